The highest BCUT2D eigenvalue weighted by Crippen LogP contribution is 2.53. The molecule has 196 valence electrons. The Morgan fingerprint density at radius 2 is 1.20 bits per heavy atom. The third-order valence-corrected chi connectivity index (χ3v) is 10.7. The van der Waals surface area contributed by atoms with Crippen LogP contribution in [0.1, 0.15) is 16.0 Å². The minimum Gasteiger partial charge on any atom is -0.378 e. The predicted molar refractivity (Wildman–Crippen MR) is 134 cm³/mol. The smallest absolute Gasteiger partial charge is 0.316 e. The van der Waals surface area contributed by atoms with Crippen LogP contribution in [-0.2, 0) is 44.1 Å². The van der Waals surface area contributed by atoms with Crippen LogP contribution in [0.3, 0.4) is 0 Å². The molecular formula is C16H14Br2Cl2O11S4. The lowest BCUT2D eigenvalue weighted by atomic mass is 10.2. The van der Waals surface area contributed by atoms with Gasteiger partial charge >= 0.3 is 40.5 Å². The van der Waals surface area contributed by atoms with E-state index in [9.17, 15) is 33.7 Å². The van der Waals surface area contributed by atoms with Crippen molar-refractivity contribution in [2.45, 2.75) is 21.6 Å². The fourth-order valence-corrected chi connectivity index (χ4v) is 8.49. The highest BCUT2D eigenvalue weighted by molar-refractivity contribution is 9.13. The highest BCUT2D eigenvalue weighted by Gasteiger charge is 2.39. The lowest BCUT2D eigenvalue weighted by Crippen LogP contribution is -2.19. The molecule has 0 aliphatic rings. The van der Waals surface area contributed by atoms with Crippen LogP contribution in [0.15, 0.2) is 43.0 Å². The van der Waals surface area contributed by atoms with Crippen molar-refractivity contribution in [1.29, 1.82) is 0 Å². The number of benzene rings is 2. The zero-order chi connectivity index (χ0) is 27.1. The summed E-state index contributed by atoms with van der Waals surface area (Å²) in [4.78, 5) is -3.41. The molecule has 0 radical (unpaired) electrons. The number of hydrogen-bond donors (Lipinski definition) is 0. The lowest BCUT2D eigenvalue weighted by molar-refractivity contribution is 0.435. The molecule has 2 aromatic rings. The Morgan fingerprint density at radius 1 is 0.743 bits per heavy atom. The van der Waals surface area contributed by atoms with Crippen LogP contribution in [0, 0.1) is 6.92 Å². The molecule has 0 saturated heterocycles. The maximum atomic E-state index is 13.2. The fraction of sp³-hybridized carbons (Fsp3) is 0.250. The Bertz CT molecular complexity index is 1590. The molecule has 11 nitrogen and oxygen atoms in total. The first-order valence-corrected chi connectivity index (χ1v) is 17.5. The van der Waals surface area contributed by atoms with E-state index in [1.807, 2.05) is 0 Å². The van der Waals surface area contributed by atoms with Gasteiger partial charge in [0.25, 0.3) is 0 Å². The van der Waals surface area contributed by atoms with Crippen molar-refractivity contribution in [3.63, 3.8) is 0 Å². The summed E-state index contributed by atoms with van der Waals surface area (Å²) in [7, 11) is -19.5. The van der Waals surface area contributed by atoms with Crippen molar-refractivity contribution in [3.05, 3.63) is 44.3 Å². The second kappa shape index (κ2) is 10.6. The second-order valence-electron chi connectivity index (χ2n) is 6.69. The third-order valence-electron chi connectivity index (χ3n) is 3.71. The van der Waals surface area contributed by atoms with Gasteiger partial charge in [0, 0.05) is 10.0 Å². The monoisotopic (exact) mass is 738 g/mol. The molecule has 0 atom stereocenters. The van der Waals surface area contributed by atoms with E-state index in [0.29, 0.717) is 18.1 Å². The molecule has 0 unspecified atom stereocenters. The average Bonchev–Trinajstić information content (AvgIpc) is 2.62. The van der Waals surface area contributed by atoms with Gasteiger partial charge in [-0.25, -0.2) is 0 Å². The summed E-state index contributed by atoms with van der Waals surface area (Å²) in [5, 5.41) is 0. The quantitative estimate of drug-likeness (QED) is 0.272. The standard InChI is InChI=1S/C16H14Br2Cl2O11S4/c1-8-4-6-9(7-5-8)34(25,26)31-35(27,28)15-12(18)11(17)10(16(19)20)13(29-32(2,21)22)14(15)30-33(3,23)24/h4-7,16H,1-3H3. The van der Waals surface area contributed by atoms with Crippen LogP contribution in [-0.4, -0.2) is 46.2 Å². The van der Waals surface area contributed by atoms with Crippen LogP contribution in [0.5, 0.6) is 11.5 Å². The first-order chi connectivity index (χ1) is 15.7. The van der Waals surface area contributed by atoms with Gasteiger partial charge in [-0.05, 0) is 50.9 Å². The van der Waals surface area contributed by atoms with E-state index >= 15 is 0 Å². The molecule has 0 aromatic heterocycles. The number of halogens is 4. The van der Waals surface area contributed by atoms with Crippen molar-refractivity contribution in [3.8, 4) is 11.5 Å². The Hall–Kier alpha value is -0.660. The molecule has 0 heterocycles. The SMILES string of the molecule is Cc1ccc(S(=O)(=O)OS(=O)(=O)c2c(Br)c(Br)c(C(Cl)Cl)c(OS(C)(=O)=O)c2OS(C)(=O)=O)cc1. The van der Waals surface area contributed by atoms with Gasteiger partial charge in [-0.2, -0.15) is 33.7 Å². The van der Waals surface area contributed by atoms with Crippen LogP contribution < -0.4 is 8.37 Å². The van der Waals surface area contributed by atoms with Gasteiger partial charge in [0.15, 0.2) is 10.6 Å². The average molecular weight is 741 g/mol. The molecule has 19 heteroatoms. The summed E-state index contributed by atoms with van der Waals surface area (Å²) in [6, 6.07) is 4.90. The van der Waals surface area contributed by atoms with Gasteiger partial charge in [0.1, 0.15) is 4.84 Å². The van der Waals surface area contributed by atoms with Crippen molar-refractivity contribution in [2.75, 3.05) is 12.5 Å². The Labute approximate surface area is 229 Å². The Balaban J connectivity index is 2.96. The molecule has 0 bridgehead atoms. The maximum absolute atomic E-state index is 13.2. The Kier molecular flexibility index (Phi) is 9.26. The summed E-state index contributed by atoms with van der Waals surface area (Å²) in [6.45, 7) is 1.66. The molecular weight excluding hydrogens is 727 g/mol. The molecule has 0 N–H and O–H groups in total. The molecule has 0 fully saturated rings. The van der Waals surface area contributed by atoms with Crippen molar-refractivity contribution in [2.24, 2.45) is 0 Å². The zero-order valence-electron chi connectivity index (χ0n) is 17.5. The first-order valence-electron chi connectivity index (χ1n) is 8.56. The van der Waals surface area contributed by atoms with Gasteiger partial charge < -0.3 is 8.37 Å². The summed E-state index contributed by atoms with van der Waals surface area (Å²) in [5.74, 6) is -2.31. The summed E-state index contributed by atoms with van der Waals surface area (Å²) >= 11 is 17.6. The van der Waals surface area contributed by atoms with E-state index in [1.165, 1.54) is 12.1 Å². The summed E-state index contributed by atoms with van der Waals surface area (Å²) < 4.78 is 112. The minimum absolute atomic E-state index is 0.332. The molecule has 0 saturated carbocycles. The van der Waals surface area contributed by atoms with Crippen LogP contribution in [0.2, 0.25) is 0 Å². The van der Waals surface area contributed by atoms with Gasteiger partial charge in [-0.3, -0.25) is 0 Å². The number of hydrogen-bond acceptors (Lipinski definition) is 11. The van der Waals surface area contributed by atoms with Gasteiger partial charge in [0.05, 0.1) is 21.9 Å². The predicted octanol–water partition coefficient (Wildman–Crippen LogP) is 3.77. The van der Waals surface area contributed by atoms with E-state index in [4.69, 9.17) is 31.6 Å². The van der Waals surface area contributed by atoms with Crippen molar-refractivity contribution < 1.29 is 45.7 Å². The van der Waals surface area contributed by atoms with E-state index < -0.39 is 76.6 Å². The van der Waals surface area contributed by atoms with Gasteiger partial charge in [-0.15, -0.1) is 3.63 Å². The van der Waals surface area contributed by atoms with Gasteiger partial charge in [-0.1, -0.05) is 40.9 Å². The van der Waals surface area contributed by atoms with Crippen LogP contribution in [0.4, 0.5) is 0 Å². The zero-order valence-corrected chi connectivity index (χ0v) is 25.5. The molecule has 0 amide bonds. The molecule has 0 spiro atoms. The van der Waals surface area contributed by atoms with Crippen LogP contribution in [0.25, 0.3) is 0 Å². The molecule has 0 aliphatic heterocycles. The number of rotatable bonds is 9. The maximum Gasteiger partial charge on any atom is 0.316 e. The normalized spacial score (nSPS) is 13.1. The lowest BCUT2D eigenvalue weighted by Gasteiger charge is -2.21. The Morgan fingerprint density at radius 3 is 1.63 bits per heavy atom. The topological polar surface area (TPSA) is 164 Å². The van der Waals surface area contributed by atoms with E-state index in [-0.39, 0.29) is 4.47 Å². The largest absolute Gasteiger partial charge is 0.378 e. The molecule has 2 rings (SSSR count). The van der Waals surface area contributed by atoms with Crippen molar-refractivity contribution in [1.82, 2.24) is 0 Å². The summed E-state index contributed by atoms with van der Waals surface area (Å²) in [5.41, 5.74) is 0.210. The van der Waals surface area contributed by atoms with Crippen LogP contribution >= 0.6 is 55.1 Å². The van der Waals surface area contributed by atoms with Gasteiger partial charge in [0.2, 0.25) is 5.75 Å². The fourth-order valence-electron chi connectivity index (χ4n) is 2.42. The summed E-state index contributed by atoms with van der Waals surface area (Å²) in [6.07, 6.45) is 1.06. The third kappa shape index (κ3) is 7.67. The first kappa shape index (κ1) is 30.6. The number of aryl methyl sites for hydroxylation is 1. The minimum atomic E-state index is -5.47. The molecule has 0 aliphatic carbocycles. The highest BCUT2D eigenvalue weighted by atomic mass is 79.9. The molecule has 2 aromatic carbocycles. The van der Waals surface area contributed by atoms with E-state index in [1.54, 1.807) is 6.92 Å². The van der Waals surface area contributed by atoms with Crippen molar-refractivity contribution >= 4 is 95.5 Å². The number of alkyl halides is 2. The second-order valence-corrected chi connectivity index (χ2v) is 15.8. The molecule has 35 heavy (non-hydrogen) atoms. The van der Waals surface area contributed by atoms with E-state index in [0.717, 1.165) is 12.1 Å². The van der Waals surface area contributed by atoms with E-state index in [2.05, 4.69) is 35.5 Å².